The van der Waals surface area contributed by atoms with Crippen LogP contribution in [0.4, 0.5) is 5.69 Å². The van der Waals surface area contributed by atoms with Crippen molar-refractivity contribution in [2.24, 2.45) is 0 Å². The first-order valence-electron chi connectivity index (χ1n) is 5.98. The van der Waals surface area contributed by atoms with Crippen LogP contribution in [-0.2, 0) is 19.1 Å². The van der Waals surface area contributed by atoms with Gasteiger partial charge in [-0.25, -0.2) is 0 Å². The van der Waals surface area contributed by atoms with Crippen molar-refractivity contribution >= 4 is 17.6 Å². The van der Waals surface area contributed by atoms with E-state index >= 15 is 0 Å². The minimum atomic E-state index is -1.05. The van der Waals surface area contributed by atoms with Crippen molar-refractivity contribution in [2.45, 2.75) is 19.3 Å². The third kappa shape index (κ3) is 3.78. The third-order valence-electron chi connectivity index (χ3n) is 2.67. The maximum atomic E-state index is 11.8. The largest absolute Gasteiger partial charge is 0.469 e. The summed E-state index contributed by atoms with van der Waals surface area (Å²) in [6.07, 6.45) is -0.300. The van der Waals surface area contributed by atoms with Gasteiger partial charge in [-0.1, -0.05) is 18.2 Å². The average molecular weight is 281 g/mol. The molecule has 108 valence electrons. The summed E-state index contributed by atoms with van der Waals surface area (Å²) in [5.41, 5.74) is -0.0930. The number of nitro benzene ring substituents is 1. The fraction of sp³-hybridized carbons (Fsp3) is 0.385. The van der Waals surface area contributed by atoms with E-state index in [4.69, 9.17) is 4.74 Å². The molecule has 1 aromatic rings. The second-order valence-electron chi connectivity index (χ2n) is 3.90. The highest BCUT2D eigenvalue weighted by atomic mass is 16.6. The zero-order chi connectivity index (χ0) is 15.1. The lowest BCUT2D eigenvalue weighted by Crippen LogP contribution is -2.20. The van der Waals surface area contributed by atoms with Crippen LogP contribution in [-0.4, -0.2) is 30.6 Å². The lowest BCUT2D eigenvalue weighted by Gasteiger charge is -2.14. The summed E-state index contributed by atoms with van der Waals surface area (Å²) < 4.78 is 9.38. The molecule has 7 heteroatoms. The molecule has 1 aromatic carbocycles. The first-order chi connectivity index (χ1) is 9.51. The second-order valence-corrected chi connectivity index (χ2v) is 3.90. The Bertz CT molecular complexity index is 513. The van der Waals surface area contributed by atoms with Gasteiger partial charge in [0.2, 0.25) is 0 Å². The fourth-order valence-electron chi connectivity index (χ4n) is 1.80. The monoisotopic (exact) mass is 281 g/mol. The minimum Gasteiger partial charge on any atom is -0.469 e. The zero-order valence-electron chi connectivity index (χ0n) is 11.2. The van der Waals surface area contributed by atoms with E-state index in [2.05, 4.69) is 4.74 Å². The van der Waals surface area contributed by atoms with Crippen LogP contribution in [0.1, 0.15) is 24.8 Å². The van der Waals surface area contributed by atoms with Gasteiger partial charge in [0.15, 0.2) is 0 Å². The predicted molar refractivity (Wildman–Crippen MR) is 69.1 cm³/mol. The van der Waals surface area contributed by atoms with E-state index in [9.17, 15) is 19.7 Å². The zero-order valence-corrected chi connectivity index (χ0v) is 11.2. The molecule has 0 aliphatic heterocycles. The lowest BCUT2D eigenvalue weighted by molar-refractivity contribution is -0.385. The van der Waals surface area contributed by atoms with Crippen LogP contribution in [0.3, 0.4) is 0 Å². The molecule has 1 atom stereocenters. The number of nitrogens with zero attached hydrogens (tertiary/aromatic N) is 1. The lowest BCUT2D eigenvalue weighted by atomic mass is 9.94. The van der Waals surface area contributed by atoms with Gasteiger partial charge in [0, 0.05) is 11.6 Å². The first kappa shape index (κ1) is 15.6. The number of methoxy groups -OCH3 is 1. The van der Waals surface area contributed by atoms with Crippen molar-refractivity contribution in [3.63, 3.8) is 0 Å². The van der Waals surface area contributed by atoms with Crippen LogP contribution >= 0.6 is 0 Å². The van der Waals surface area contributed by atoms with Crippen molar-refractivity contribution in [1.29, 1.82) is 0 Å². The number of hydrogen-bond donors (Lipinski definition) is 0. The van der Waals surface area contributed by atoms with E-state index in [1.165, 1.54) is 18.2 Å². The highest BCUT2D eigenvalue weighted by Crippen LogP contribution is 2.30. The number of nitro groups is 1. The van der Waals surface area contributed by atoms with Gasteiger partial charge >= 0.3 is 11.9 Å². The van der Waals surface area contributed by atoms with Gasteiger partial charge in [-0.3, -0.25) is 19.7 Å². The number of para-hydroxylation sites is 1. The summed E-state index contributed by atoms with van der Waals surface area (Å²) in [7, 11) is 1.16. The Kier molecular flexibility index (Phi) is 5.64. The molecule has 0 saturated carbocycles. The summed E-state index contributed by atoms with van der Waals surface area (Å²) in [6.45, 7) is 1.81. The summed E-state index contributed by atoms with van der Waals surface area (Å²) in [5, 5.41) is 11.0. The molecular weight excluding hydrogens is 266 g/mol. The van der Waals surface area contributed by atoms with Gasteiger partial charge in [0.25, 0.3) is 5.69 Å². The highest BCUT2D eigenvalue weighted by Gasteiger charge is 2.31. The van der Waals surface area contributed by atoms with Crippen LogP contribution < -0.4 is 0 Å². The summed E-state index contributed by atoms with van der Waals surface area (Å²) >= 11 is 0. The fourth-order valence-corrected chi connectivity index (χ4v) is 1.80. The summed E-state index contributed by atoms with van der Waals surface area (Å²) in [6, 6.07) is 5.75. The van der Waals surface area contributed by atoms with Gasteiger partial charge in [0.1, 0.15) is 0 Å². The van der Waals surface area contributed by atoms with Gasteiger partial charge in [-0.15, -0.1) is 0 Å². The molecule has 0 aromatic heterocycles. The number of esters is 2. The van der Waals surface area contributed by atoms with Gasteiger partial charge < -0.3 is 9.47 Å². The SMILES string of the molecule is CCOC(=O)CC(C(=O)OC)c1ccccc1[N+](=O)[O-]. The molecule has 0 aliphatic rings. The smallest absolute Gasteiger partial charge is 0.314 e. The Balaban J connectivity index is 3.14. The molecule has 0 spiro atoms. The Labute approximate surface area is 115 Å². The number of carbonyl (C=O) groups is 2. The maximum Gasteiger partial charge on any atom is 0.314 e. The number of benzene rings is 1. The molecule has 0 fully saturated rings. The van der Waals surface area contributed by atoms with Crippen LogP contribution in [0.2, 0.25) is 0 Å². The molecule has 0 aliphatic carbocycles. The van der Waals surface area contributed by atoms with E-state index in [1.807, 2.05) is 0 Å². The molecule has 0 radical (unpaired) electrons. The summed E-state index contributed by atoms with van der Waals surface area (Å²) in [4.78, 5) is 33.7. The number of carbonyl (C=O) groups excluding carboxylic acids is 2. The Hall–Kier alpha value is -2.44. The van der Waals surface area contributed by atoms with Gasteiger partial charge in [-0.2, -0.15) is 0 Å². The van der Waals surface area contributed by atoms with Crippen LogP contribution in [0.15, 0.2) is 24.3 Å². The number of ether oxygens (including phenoxy) is 2. The molecule has 20 heavy (non-hydrogen) atoms. The molecule has 1 unspecified atom stereocenters. The van der Waals surface area contributed by atoms with Gasteiger partial charge in [-0.05, 0) is 6.92 Å². The van der Waals surface area contributed by atoms with Crippen molar-refractivity contribution in [3.8, 4) is 0 Å². The van der Waals surface area contributed by atoms with E-state index in [0.29, 0.717) is 0 Å². The van der Waals surface area contributed by atoms with E-state index < -0.39 is 22.8 Å². The first-order valence-corrected chi connectivity index (χ1v) is 5.98. The molecular formula is C13H15NO6. The highest BCUT2D eigenvalue weighted by molar-refractivity contribution is 5.85. The molecule has 0 N–H and O–H groups in total. The molecule has 0 saturated heterocycles. The Morgan fingerprint density at radius 1 is 1.35 bits per heavy atom. The maximum absolute atomic E-state index is 11.8. The standard InChI is InChI=1S/C13H15NO6/c1-3-20-12(15)8-10(13(16)19-2)9-6-4-5-7-11(9)14(17)18/h4-7,10H,3,8H2,1-2H3. The quantitative estimate of drug-likeness (QED) is 0.448. The van der Waals surface area contributed by atoms with Crippen LogP contribution in [0, 0.1) is 10.1 Å². The minimum absolute atomic E-state index is 0.136. The number of rotatable bonds is 6. The Morgan fingerprint density at radius 3 is 2.55 bits per heavy atom. The molecule has 0 bridgehead atoms. The van der Waals surface area contributed by atoms with Crippen molar-refractivity contribution in [3.05, 3.63) is 39.9 Å². The topological polar surface area (TPSA) is 95.7 Å². The average Bonchev–Trinajstić information content (AvgIpc) is 2.44. The van der Waals surface area contributed by atoms with Crippen molar-refractivity contribution in [2.75, 3.05) is 13.7 Å². The Morgan fingerprint density at radius 2 is 2.00 bits per heavy atom. The van der Waals surface area contributed by atoms with Crippen molar-refractivity contribution in [1.82, 2.24) is 0 Å². The van der Waals surface area contributed by atoms with Crippen LogP contribution in [0.5, 0.6) is 0 Å². The number of hydrogen-bond acceptors (Lipinski definition) is 6. The predicted octanol–water partition coefficient (Wildman–Crippen LogP) is 1.80. The molecule has 0 heterocycles. The van der Waals surface area contributed by atoms with E-state index in [0.717, 1.165) is 7.11 Å². The third-order valence-corrected chi connectivity index (χ3v) is 2.67. The van der Waals surface area contributed by atoms with E-state index in [-0.39, 0.29) is 24.3 Å². The molecule has 1 rings (SSSR count). The van der Waals surface area contributed by atoms with E-state index in [1.54, 1.807) is 13.0 Å². The second kappa shape index (κ2) is 7.22. The molecule has 0 amide bonds. The normalized spacial score (nSPS) is 11.5. The summed E-state index contributed by atoms with van der Waals surface area (Å²) in [5.74, 6) is -2.38. The van der Waals surface area contributed by atoms with Crippen molar-refractivity contribution < 1.29 is 24.0 Å². The van der Waals surface area contributed by atoms with Crippen LogP contribution in [0.25, 0.3) is 0 Å². The van der Waals surface area contributed by atoms with Gasteiger partial charge in [0.05, 0.1) is 31.0 Å². The molecule has 7 nitrogen and oxygen atoms in total.